The van der Waals surface area contributed by atoms with Crippen molar-refractivity contribution in [2.24, 2.45) is 0 Å². The van der Waals surface area contributed by atoms with E-state index in [1.165, 1.54) is 6.26 Å². The zero-order valence-electron chi connectivity index (χ0n) is 10.8. The molecule has 1 aromatic heterocycles. The smallest absolute Gasteiger partial charge is 0.259 e. The van der Waals surface area contributed by atoms with E-state index in [1.54, 1.807) is 0 Å². The number of halogens is 1. The lowest BCUT2D eigenvalue weighted by atomic mass is 10.1. The molecule has 0 aliphatic rings. The number of furan rings is 1. The van der Waals surface area contributed by atoms with Gasteiger partial charge in [-0.05, 0) is 59.3 Å². The second kappa shape index (κ2) is 5.28. The molecule has 0 saturated heterocycles. The largest absolute Gasteiger partial charge is 0.463 e. The van der Waals surface area contributed by atoms with Gasteiger partial charge in [-0.15, -0.1) is 0 Å². The van der Waals surface area contributed by atoms with Crippen molar-refractivity contribution in [1.29, 1.82) is 0 Å². The van der Waals surface area contributed by atoms with Gasteiger partial charge in [-0.2, -0.15) is 0 Å². The van der Waals surface area contributed by atoms with E-state index in [0.29, 0.717) is 5.56 Å². The van der Waals surface area contributed by atoms with Crippen LogP contribution in [0.15, 0.2) is 53.1 Å². The molecule has 1 amide bonds. The lowest BCUT2D eigenvalue weighted by Crippen LogP contribution is -2.12. The van der Waals surface area contributed by atoms with Crippen molar-refractivity contribution in [2.45, 2.75) is 6.92 Å². The van der Waals surface area contributed by atoms with E-state index in [0.717, 1.165) is 25.8 Å². The first kappa shape index (κ1) is 13.2. The Morgan fingerprint density at radius 2 is 2.00 bits per heavy atom. The molecular formula is C16H12INO2. The van der Waals surface area contributed by atoms with Crippen LogP contribution in [0.5, 0.6) is 0 Å². The van der Waals surface area contributed by atoms with Gasteiger partial charge in [0, 0.05) is 14.6 Å². The SMILES string of the molecule is Cc1cc(I)ccc1NC(=O)c1coc2ccccc12. The monoisotopic (exact) mass is 377 g/mol. The molecule has 0 saturated carbocycles. The van der Waals surface area contributed by atoms with Gasteiger partial charge in [0.25, 0.3) is 5.91 Å². The van der Waals surface area contributed by atoms with Crippen LogP contribution in [-0.4, -0.2) is 5.91 Å². The number of carbonyl (C=O) groups excluding carboxylic acids is 1. The molecule has 1 N–H and O–H groups in total. The highest BCUT2D eigenvalue weighted by molar-refractivity contribution is 14.1. The number of nitrogens with one attached hydrogen (secondary N) is 1. The van der Waals surface area contributed by atoms with Crippen molar-refractivity contribution >= 4 is 45.2 Å². The number of benzene rings is 2. The van der Waals surface area contributed by atoms with Gasteiger partial charge in [0.1, 0.15) is 11.8 Å². The third kappa shape index (κ3) is 2.43. The molecule has 0 fully saturated rings. The first-order valence-corrected chi connectivity index (χ1v) is 7.27. The molecule has 0 aliphatic carbocycles. The quantitative estimate of drug-likeness (QED) is 0.664. The Morgan fingerprint density at radius 3 is 2.80 bits per heavy atom. The third-order valence-electron chi connectivity index (χ3n) is 3.16. The summed E-state index contributed by atoms with van der Waals surface area (Å²) in [7, 11) is 0. The molecule has 4 heteroatoms. The summed E-state index contributed by atoms with van der Waals surface area (Å²) in [5, 5.41) is 3.76. The lowest BCUT2D eigenvalue weighted by molar-refractivity contribution is 0.102. The van der Waals surface area contributed by atoms with Crippen molar-refractivity contribution in [3.8, 4) is 0 Å². The Bertz CT molecular complexity index is 792. The van der Waals surface area contributed by atoms with Gasteiger partial charge in [-0.1, -0.05) is 18.2 Å². The number of fused-ring (bicyclic) bond motifs is 1. The summed E-state index contributed by atoms with van der Waals surface area (Å²) in [5.41, 5.74) is 3.13. The molecule has 0 radical (unpaired) electrons. The van der Waals surface area contributed by atoms with Crippen molar-refractivity contribution < 1.29 is 9.21 Å². The molecule has 0 aliphatic heterocycles. The molecule has 0 bridgehead atoms. The number of rotatable bonds is 2. The Hall–Kier alpha value is -1.82. The first-order valence-electron chi connectivity index (χ1n) is 6.19. The van der Waals surface area contributed by atoms with Crippen LogP contribution in [0.25, 0.3) is 11.0 Å². The van der Waals surface area contributed by atoms with Gasteiger partial charge in [-0.3, -0.25) is 4.79 Å². The average molecular weight is 377 g/mol. The van der Waals surface area contributed by atoms with Crippen LogP contribution in [0.1, 0.15) is 15.9 Å². The van der Waals surface area contributed by atoms with Crippen LogP contribution in [-0.2, 0) is 0 Å². The van der Waals surface area contributed by atoms with Gasteiger partial charge in [0.15, 0.2) is 0 Å². The first-order chi connectivity index (χ1) is 9.65. The van der Waals surface area contributed by atoms with Crippen molar-refractivity contribution in [1.82, 2.24) is 0 Å². The Balaban J connectivity index is 1.93. The number of aryl methyl sites for hydroxylation is 1. The fraction of sp³-hybridized carbons (Fsp3) is 0.0625. The number of anilines is 1. The summed E-state index contributed by atoms with van der Waals surface area (Å²) in [6, 6.07) is 13.4. The number of hydrogen-bond donors (Lipinski definition) is 1. The Morgan fingerprint density at radius 1 is 1.20 bits per heavy atom. The summed E-state index contributed by atoms with van der Waals surface area (Å²) in [4.78, 5) is 12.4. The fourth-order valence-corrected chi connectivity index (χ4v) is 2.76. The van der Waals surface area contributed by atoms with Crippen LogP contribution >= 0.6 is 22.6 Å². The maximum absolute atomic E-state index is 12.4. The van der Waals surface area contributed by atoms with E-state index < -0.39 is 0 Å². The molecule has 100 valence electrons. The molecular weight excluding hydrogens is 365 g/mol. The zero-order chi connectivity index (χ0) is 14.1. The van der Waals surface area contributed by atoms with Gasteiger partial charge in [0.05, 0.1) is 5.56 Å². The molecule has 0 spiro atoms. The van der Waals surface area contributed by atoms with Crippen LogP contribution in [0.2, 0.25) is 0 Å². The van der Waals surface area contributed by atoms with Crippen molar-refractivity contribution in [2.75, 3.05) is 5.32 Å². The van der Waals surface area contributed by atoms with Crippen LogP contribution in [0, 0.1) is 10.5 Å². The Kier molecular flexibility index (Phi) is 3.48. The highest BCUT2D eigenvalue weighted by Crippen LogP contribution is 2.23. The van der Waals surface area contributed by atoms with E-state index in [4.69, 9.17) is 4.42 Å². The minimum Gasteiger partial charge on any atom is -0.463 e. The summed E-state index contributed by atoms with van der Waals surface area (Å²) in [6.45, 7) is 1.98. The maximum Gasteiger partial charge on any atom is 0.259 e. The van der Waals surface area contributed by atoms with E-state index in [1.807, 2.05) is 49.4 Å². The molecule has 20 heavy (non-hydrogen) atoms. The molecule has 3 nitrogen and oxygen atoms in total. The minimum absolute atomic E-state index is 0.153. The van der Waals surface area contributed by atoms with Crippen LogP contribution in [0.3, 0.4) is 0 Å². The summed E-state index contributed by atoms with van der Waals surface area (Å²) < 4.78 is 6.54. The van der Waals surface area contributed by atoms with Crippen LogP contribution < -0.4 is 5.32 Å². The van der Waals surface area contributed by atoms with E-state index >= 15 is 0 Å². The molecule has 1 heterocycles. The standard InChI is InChI=1S/C16H12INO2/c1-10-8-11(17)6-7-14(10)18-16(19)13-9-20-15-5-3-2-4-12(13)15/h2-9H,1H3,(H,18,19). The Labute approximate surface area is 130 Å². The highest BCUT2D eigenvalue weighted by atomic mass is 127. The molecule has 2 aromatic carbocycles. The number of amides is 1. The number of hydrogen-bond acceptors (Lipinski definition) is 2. The number of para-hydroxylation sites is 1. The zero-order valence-corrected chi connectivity index (χ0v) is 13.0. The molecule has 0 atom stereocenters. The predicted molar refractivity (Wildman–Crippen MR) is 88.1 cm³/mol. The maximum atomic E-state index is 12.4. The summed E-state index contributed by atoms with van der Waals surface area (Å²) in [6.07, 6.45) is 1.50. The van der Waals surface area contributed by atoms with Gasteiger partial charge >= 0.3 is 0 Å². The average Bonchev–Trinajstić information content (AvgIpc) is 2.86. The second-order valence-electron chi connectivity index (χ2n) is 4.56. The third-order valence-corrected chi connectivity index (χ3v) is 3.83. The topological polar surface area (TPSA) is 42.2 Å². The highest BCUT2D eigenvalue weighted by Gasteiger charge is 2.14. The summed E-state index contributed by atoms with van der Waals surface area (Å²) in [5.74, 6) is -0.153. The van der Waals surface area contributed by atoms with Crippen LogP contribution in [0.4, 0.5) is 5.69 Å². The molecule has 3 rings (SSSR count). The lowest BCUT2D eigenvalue weighted by Gasteiger charge is -2.07. The molecule has 0 unspecified atom stereocenters. The van der Waals surface area contributed by atoms with E-state index in [9.17, 15) is 4.79 Å². The summed E-state index contributed by atoms with van der Waals surface area (Å²) >= 11 is 2.25. The van der Waals surface area contributed by atoms with E-state index in [2.05, 4.69) is 27.9 Å². The minimum atomic E-state index is -0.153. The second-order valence-corrected chi connectivity index (χ2v) is 5.80. The van der Waals surface area contributed by atoms with Gasteiger partial charge < -0.3 is 9.73 Å². The van der Waals surface area contributed by atoms with E-state index in [-0.39, 0.29) is 5.91 Å². The van der Waals surface area contributed by atoms with Crippen molar-refractivity contribution in [3.05, 3.63) is 63.4 Å². The van der Waals surface area contributed by atoms with Gasteiger partial charge in [0.2, 0.25) is 0 Å². The molecule has 3 aromatic rings. The predicted octanol–water partition coefficient (Wildman–Crippen LogP) is 4.60. The normalized spacial score (nSPS) is 10.7. The van der Waals surface area contributed by atoms with Gasteiger partial charge in [-0.25, -0.2) is 0 Å². The van der Waals surface area contributed by atoms with Crippen molar-refractivity contribution in [3.63, 3.8) is 0 Å². The number of carbonyl (C=O) groups is 1. The fourth-order valence-electron chi connectivity index (χ4n) is 2.11.